The summed E-state index contributed by atoms with van der Waals surface area (Å²) in [5.41, 5.74) is 3.92. The van der Waals surface area contributed by atoms with Crippen molar-refractivity contribution in [3.05, 3.63) is 75.1 Å². The Morgan fingerprint density at radius 1 is 1.14 bits per heavy atom. The predicted octanol–water partition coefficient (Wildman–Crippen LogP) is 4.85. The molecule has 1 heterocycles. The minimum absolute atomic E-state index is 0.613. The molecule has 0 saturated heterocycles. The molecule has 0 aliphatic heterocycles. The molecular weight excluding hydrogens is 302 g/mol. The monoisotopic (exact) mass is 315 g/mol. The van der Waals surface area contributed by atoms with E-state index >= 15 is 0 Å². The summed E-state index contributed by atoms with van der Waals surface area (Å²) in [6.45, 7) is 2.06. The number of halogens is 1. The fraction of sp³-hybridized carbons (Fsp3) is 0.118. The van der Waals surface area contributed by atoms with Crippen LogP contribution in [0.5, 0.6) is 0 Å². The number of aliphatic hydroxyl groups is 1. The maximum absolute atomic E-state index is 10.4. The molecule has 0 aliphatic rings. The van der Waals surface area contributed by atoms with Crippen molar-refractivity contribution in [2.75, 3.05) is 0 Å². The maximum Gasteiger partial charge on any atom is 0.131 e. The van der Waals surface area contributed by atoms with E-state index in [1.807, 2.05) is 35.7 Å². The molecule has 0 amide bonds. The van der Waals surface area contributed by atoms with Crippen LogP contribution >= 0.6 is 22.9 Å². The van der Waals surface area contributed by atoms with E-state index < -0.39 is 6.10 Å². The summed E-state index contributed by atoms with van der Waals surface area (Å²) >= 11 is 7.43. The number of thiazole rings is 1. The van der Waals surface area contributed by atoms with Crippen LogP contribution in [-0.2, 0) is 0 Å². The van der Waals surface area contributed by atoms with Gasteiger partial charge in [-0.2, -0.15) is 0 Å². The van der Waals surface area contributed by atoms with Crippen LogP contribution in [0.1, 0.15) is 22.2 Å². The molecular formula is C17H14ClNOS. The predicted molar refractivity (Wildman–Crippen MR) is 87.8 cm³/mol. The van der Waals surface area contributed by atoms with E-state index in [1.165, 1.54) is 16.9 Å². The Hall–Kier alpha value is -1.68. The second kappa shape index (κ2) is 5.98. The van der Waals surface area contributed by atoms with Gasteiger partial charge < -0.3 is 5.11 Å². The normalized spacial score (nSPS) is 12.3. The molecule has 0 aliphatic carbocycles. The molecule has 3 aromatic rings. The van der Waals surface area contributed by atoms with E-state index in [0.717, 1.165) is 16.8 Å². The number of benzene rings is 2. The molecule has 0 fully saturated rings. The van der Waals surface area contributed by atoms with Gasteiger partial charge in [0, 0.05) is 16.0 Å². The van der Waals surface area contributed by atoms with E-state index in [-0.39, 0.29) is 0 Å². The third kappa shape index (κ3) is 3.00. The Bertz CT molecular complexity index is 769. The quantitative estimate of drug-likeness (QED) is 0.749. The minimum atomic E-state index is -0.744. The number of aryl methyl sites for hydroxylation is 1. The zero-order valence-electron chi connectivity index (χ0n) is 11.5. The van der Waals surface area contributed by atoms with Crippen molar-refractivity contribution >= 4 is 22.9 Å². The smallest absolute Gasteiger partial charge is 0.131 e. The Kier molecular flexibility index (Phi) is 4.06. The molecule has 21 heavy (non-hydrogen) atoms. The van der Waals surface area contributed by atoms with E-state index in [9.17, 15) is 5.11 Å². The van der Waals surface area contributed by atoms with Gasteiger partial charge in [0.05, 0.1) is 5.69 Å². The average molecular weight is 316 g/mol. The van der Waals surface area contributed by atoms with Gasteiger partial charge in [-0.05, 0) is 30.2 Å². The first kappa shape index (κ1) is 14.3. The molecule has 0 bridgehead atoms. The van der Waals surface area contributed by atoms with Gasteiger partial charge >= 0.3 is 0 Å². The summed E-state index contributed by atoms with van der Waals surface area (Å²) in [5.74, 6) is 0. The van der Waals surface area contributed by atoms with Crippen LogP contribution < -0.4 is 0 Å². The molecule has 3 rings (SSSR count). The maximum atomic E-state index is 10.4. The third-order valence-electron chi connectivity index (χ3n) is 3.34. The summed E-state index contributed by atoms with van der Waals surface area (Å²) in [7, 11) is 0. The molecule has 1 aromatic heterocycles. The Balaban J connectivity index is 1.93. The van der Waals surface area contributed by atoms with Gasteiger partial charge in [-0.25, -0.2) is 4.98 Å². The van der Waals surface area contributed by atoms with Crippen molar-refractivity contribution in [1.29, 1.82) is 0 Å². The summed E-state index contributed by atoms with van der Waals surface area (Å²) < 4.78 is 0. The second-order valence-corrected chi connectivity index (χ2v) is 6.17. The molecule has 2 nitrogen and oxygen atoms in total. The highest BCUT2D eigenvalue weighted by molar-refractivity contribution is 7.10. The summed E-state index contributed by atoms with van der Waals surface area (Å²) in [5, 5.41) is 13.7. The Morgan fingerprint density at radius 2 is 1.95 bits per heavy atom. The van der Waals surface area contributed by atoms with Crippen molar-refractivity contribution in [3.8, 4) is 11.3 Å². The molecule has 2 aromatic carbocycles. The SMILES string of the molecule is Cc1ccccc1-c1csc(C(O)c2cccc(Cl)c2)n1. The topological polar surface area (TPSA) is 33.1 Å². The van der Waals surface area contributed by atoms with Crippen LogP contribution in [0.25, 0.3) is 11.3 Å². The molecule has 106 valence electrons. The lowest BCUT2D eigenvalue weighted by atomic mass is 10.1. The fourth-order valence-electron chi connectivity index (χ4n) is 2.22. The Morgan fingerprint density at radius 3 is 2.71 bits per heavy atom. The number of nitrogens with zero attached hydrogens (tertiary/aromatic N) is 1. The minimum Gasteiger partial charge on any atom is -0.381 e. The molecule has 1 atom stereocenters. The summed E-state index contributed by atoms with van der Waals surface area (Å²) in [6, 6.07) is 15.3. The molecule has 0 radical (unpaired) electrons. The van der Waals surface area contributed by atoms with Crippen LogP contribution in [0.15, 0.2) is 53.9 Å². The number of aromatic nitrogens is 1. The summed E-state index contributed by atoms with van der Waals surface area (Å²) in [6.07, 6.45) is -0.744. The van der Waals surface area contributed by atoms with Gasteiger partial charge in [0.15, 0.2) is 0 Å². The highest BCUT2D eigenvalue weighted by Gasteiger charge is 2.16. The van der Waals surface area contributed by atoms with Gasteiger partial charge in [-0.15, -0.1) is 11.3 Å². The number of hydrogen-bond acceptors (Lipinski definition) is 3. The van der Waals surface area contributed by atoms with Gasteiger partial charge in [0.2, 0.25) is 0 Å². The van der Waals surface area contributed by atoms with Gasteiger partial charge in [0.1, 0.15) is 11.1 Å². The number of hydrogen-bond donors (Lipinski definition) is 1. The first-order chi connectivity index (χ1) is 10.1. The van der Waals surface area contributed by atoms with Gasteiger partial charge in [0.25, 0.3) is 0 Å². The van der Waals surface area contributed by atoms with Crippen LogP contribution in [-0.4, -0.2) is 10.1 Å². The first-order valence-electron chi connectivity index (χ1n) is 6.60. The van der Waals surface area contributed by atoms with Gasteiger partial charge in [-0.3, -0.25) is 0 Å². The Labute approximate surface area is 132 Å². The van der Waals surface area contributed by atoms with Crippen LogP contribution in [0.4, 0.5) is 0 Å². The van der Waals surface area contributed by atoms with Crippen molar-refractivity contribution in [1.82, 2.24) is 4.98 Å². The van der Waals surface area contributed by atoms with Crippen molar-refractivity contribution < 1.29 is 5.11 Å². The van der Waals surface area contributed by atoms with Crippen molar-refractivity contribution in [3.63, 3.8) is 0 Å². The van der Waals surface area contributed by atoms with Crippen molar-refractivity contribution in [2.45, 2.75) is 13.0 Å². The fourth-order valence-corrected chi connectivity index (χ4v) is 3.24. The molecule has 0 saturated carbocycles. The first-order valence-corrected chi connectivity index (χ1v) is 7.86. The number of rotatable bonds is 3. The van der Waals surface area contributed by atoms with Crippen molar-refractivity contribution in [2.24, 2.45) is 0 Å². The van der Waals surface area contributed by atoms with E-state index in [4.69, 9.17) is 11.6 Å². The summed E-state index contributed by atoms with van der Waals surface area (Å²) in [4.78, 5) is 4.57. The lowest BCUT2D eigenvalue weighted by Gasteiger charge is -2.08. The van der Waals surface area contributed by atoms with E-state index in [1.54, 1.807) is 12.1 Å². The van der Waals surface area contributed by atoms with Crippen LogP contribution in [0.2, 0.25) is 5.02 Å². The largest absolute Gasteiger partial charge is 0.381 e. The zero-order valence-corrected chi connectivity index (χ0v) is 13.0. The molecule has 0 spiro atoms. The third-order valence-corrected chi connectivity index (χ3v) is 4.47. The lowest BCUT2D eigenvalue weighted by Crippen LogP contribution is -1.99. The number of aliphatic hydroxyl groups excluding tert-OH is 1. The zero-order chi connectivity index (χ0) is 14.8. The van der Waals surface area contributed by atoms with Crippen LogP contribution in [0.3, 0.4) is 0 Å². The van der Waals surface area contributed by atoms with E-state index in [2.05, 4.69) is 18.0 Å². The highest BCUT2D eigenvalue weighted by atomic mass is 35.5. The molecule has 1 N–H and O–H groups in total. The second-order valence-electron chi connectivity index (χ2n) is 4.84. The molecule has 1 unspecified atom stereocenters. The standard InChI is InChI=1S/C17H14ClNOS/c1-11-5-2-3-8-14(11)15-10-21-17(19-15)16(20)12-6-4-7-13(18)9-12/h2-10,16,20H,1H3. The van der Waals surface area contributed by atoms with Crippen LogP contribution in [0, 0.1) is 6.92 Å². The van der Waals surface area contributed by atoms with Gasteiger partial charge in [-0.1, -0.05) is 48.0 Å². The van der Waals surface area contributed by atoms with E-state index in [0.29, 0.717) is 10.0 Å². The highest BCUT2D eigenvalue weighted by Crippen LogP contribution is 2.31. The lowest BCUT2D eigenvalue weighted by molar-refractivity contribution is 0.220. The average Bonchev–Trinajstić information content (AvgIpc) is 2.96. The molecule has 4 heteroatoms.